The third-order valence-electron chi connectivity index (χ3n) is 3.34. The fourth-order valence-electron chi connectivity index (χ4n) is 2.20. The molecular formula is C19H15BrN2O2. The number of carbonyl (C=O) groups excluding carboxylic acids is 1. The monoisotopic (exact) mass is 382 g/mol. The zero-order valence-electron chi connectivity index (χ0n) is 12.8. The molecule has 5 heteroatoms. The zero-order valence-corrected chi connectivity index (χ0v) is 14.4. The maximum atomic E-state index is 11.8. The second kappa shape index (κ2) is 7.75. The van der Waals surface area contributed by atoms with Gasteiger partial charge in [0.1, 0.15) is 5.75 Å². The summed E-state index contributed by atoms with van der Waals surface area (Å²) in [7, 11) is 0. The van der Waals surface area contributed by atoms with Gasteiger partial charge in [-0.25, -0.2) is 5.43 Å². The van der Waals surface area contributed by atoms with Gasteiger partial charge in [-0.15, -0.1) is 0 Å². The molecule has 24 heavy (non-hydrogen) atoms. The maximum absolute atomic E-state index is 11.8. The Kier molecular flexibility index (Phi) is 5.23. The molecule has 0 aliphatic heterocycles. The van der Waals surface area contributed by atoms with Crippen LogP contribution in [0.4, 0.5) is 0 Å². The Morgan fingerprint density at radius 3 is 2.71 bits per heavy atom. The van der Waals surface area contributed by atoms with Crippen LogP contribution in [0.3, 0.4) is 0 Å². The number of hydrazone groups is 1. The zero-order chi connectivity index (χ0) is 16.8. The predicted octanol–water partition coefficient (Wildman–Crippen LogP) is 4.13. The van der Waals surface area contributed by atoms with E-state index in [9.17, 15) is 4.79 Å². The Labute approximate surface area is 148 Å². The maximum Gasteiger partial charge on any atom is 0.277 e. The molecule has 0 atom stereocenters. The highest BCUT2D eigenvalue weighted by Gasteiger charge is 2.02. The number of benzene rings is 3. The number of halogens is 1. The van der Waals surface area contributed by atoms with E-state index in [0.29, 0.717) is 5.75 Å². The van der Waals surface area contributed by atoms with Crippen molar-refractivity contribution in [2.75, 3.05) is 6.61 Å². The molecule has 0 bridgehead atoms. The molecule has 4 nitrogen and oxygen atoms in total. The van der Waals surface area contributed by atoms with Crippen LogP contribution in [0, 0.1) is 0 Å². The van der Waals surface area contributed by atoms with Gasteiger partial charge in [0.25, 0.3) is 5.91 Å². The topological polar surface area (TPSA) is 50.7 Å². The third kappa shape index (κ3) is 4.43. The fourth-order valence-corrected chi connectivity index (χ4v) is 2.62. The molecule has 0 aliphatic rings. The van der Waals surface area contributed by atoms with Gasteiger partial charge in [0.05, 0.1) is 6.21 Å². The molecule has 0 unspecified atom stereocenters. The Balaban J connectivity index is 1.53. The summed E-state index contributed by atoms with van der Waals surface area (Å²) >= 11 is 3.38. The van der Waals surface area contributed by atoms with Crippen LogP contribution in [0.5, 0.6) is 5.75 Å². The number of ether oxygens (including phenoxy) is 1. The summed E-state index contributed by atoms with van der Waals surface area (Å²) in [5.74, 6) is 0.342. The predicted molar refractivity (Wildman–Crippen MR) is 99.3 cm³/mol. The lowest BCUT2D eigenvalue weighted by molar-refractivity contribution is -0.123. The summed E-state index contributed by atoms with van der Waals surface area (Å²) < 4.78 is 6.46. The van der Waals surface area contributed by atoms with Gasteiger partial charge in [0.15, 0.2) is 6.61 Å². The highest BCUT2D eigenvalue weighted by molar-refractivity contribution is 9.10. The molecule has 0 saturated carbocycles. The summed E-state index contributed by atoms with van der Waals surface area (Å²) in [4.78, 5) is 11.8. The second-order valence-electron chi connectivity index (χ2n) is 5.15. The first-order valence-corrected chi connectivity index (χ1v) is 8.19. The van der Waals surface area contributed by atoms with Crippen molar-refractivity contribution in [3.8, 4) is 5.75 Å². The van der Waals surface area contributed by atoms with E-state index in [4.69, 9.17) is 4.74 Å². The number of hydrogen-bond donors (Lipinski definition) is 1. The minimum absolute atomic E-state index is 0.0891. The minimum atomic E-state index is -0.311. The van der Waals surface area contributed by atoms with Gasteiger partial charge in [-0.3, -0.25) is 4.79 Å². The highest BCUT2D eigenvalue weighted by atomic mass is 79.9. The van der Waals surface area contributed by atoms with E-state index in [1.165, 1.54) is 0 Å². The Morgan fingerprint density at radius 2 is 1.88 bits per heavy atom. The molecule has 0 radical (unpaired) electrons. The van der Waals surface area contributed by atoms with Crippen LogP contribution in [0.15, 0.2) is 76.3 Å². The number of amides is 1. The fraction of sp³-hybridized carbons (Fsp3) is 0.0526. The molecule has 0 aromatic heterocycles. The number of nitrogens with one attached hydrogen (secondary N) is 1. The lowest BCUT2D eigenvalue weighted by Crippen LogP contribution is -2.24. The molecule has 3 rings (SSSR count). The normalized spacial score (nSPS) is 10.9. The SMILES string of the molecule is O=C(COc1ccc2ccccc2c1)NN=Cc1cccc(Br)c1. The quantitative estimate of drug-likeness (QED) is 0.532. The van der Waals surface area contributed by atoms with Crippen LogP contribution in [0.1, 0.15) is 5.56 Å². The summed E-state index contributed by atoms with van der Waals surface area (Å²) in [6.07, 6.45) is 1.58. The molecule has 0 heterocycles. The number of fused-ring (bicyclic) bond motifs is 1. The molecule has 0 saturated heterocycles. The van der Waals surface area contributed by atoms with Crippen molar-refractivity contribution in [2.24, 2.45) is 5.10 Å². The molecule has 3 aromatic rings. The Hall–Kier alpha value is -2.66. The summed E-state index contributed by atoms with van der Waals surface area (Å²) in [6, 6.07) is 21.3. The number of hydrogen-bond acceptors (Lipinski definition) is 3. The van der Waals surface area contributed by atoms with Crippen LogP contribution < -0.4 is 10.2 Å². The molecule has 3 aromatic carbocycles. The molecule has 1 N–H and O–H groups in total. The van der Waals surface area contributed by atoms with Crippen LogP contribution in [0.2, 0.25) is 0 Å². The van der Waals surface area contributed by atoms with Crippen molar-refractivity contribution < 1.29 is 9.53 Å². The van der Waals surface area contributed by atoms with E-state index in [2.05, 4.69) is 26.5 Å². The van der Waals surface area contributed by atoms with E-state index in [1.807, 2.05) is 66.7 Å². The molecule has 0 fully saturated rings. The minimum Gasteiger partial charge on any atom is -0.484 e. The van der Waals surface area contributed by atoms with Crippen molar-refractivity contribution in [1.82, 2.24) is 5.43 Å². The van der Waals surface area contributed by atoms with E-state index in [-0.39, 0.29) is 12.5 Å². The third-order valence-corrected chi connectivity index (χ3v) is 3.84. The van der Waals surface area contributed by atoms with Crippen LogP contribution in [-0.2, 0) is 4.79 Å². The number of carbonyl (C=O) groups is 1. The van der Waals surface area contributed by atoms with Crippen LogP contribution >= 0.6 is 15.9 Å². The average molecular weight is 383 g/mol. The standard InChI is InChI=1S/C19H15BrN2O2/c20-17-7-3-4-14(10-17)12-21-22-19(23)13-24-18-9-8-15-5-1-2-6-16(15)11-18/h1-12H,13H2,(H,22,23). The first kappa shape index (κ1) is 16.2. The van der Waals surface area contributed by atoms with Crippen molar-refractivity contribution in [3.63, 3.8) is 0 Å². The Morgan fingerprint density at radius 1 is 1.04 bits per heavy atom. The lowest BCUT2D eigenvalue weighted by atomic mass is 10.1. The second-order valence-corrected chi connectivity index (χ2v) is 6.06. The first-order valence-electron chi connectivity index (χ1n) is 7.40. The molecule has 0 spiro atoms. The summed E-state index contributed by atoms with van der Waals surface area (Å²) in [6.45, 7) is -0.0891. The van der Waals surface area contributed by atoms with Gasteiger partial charge in [-0.1, -0.05) is 58.4 Å². The van der Waals surface area contributed by atoms with Gasteiger partial charge in [-0.2, -0.15) is 5.10 Å². The van der Waals surface area contributed by atoms with Crippen molar-refractivity contribution in [2.45, 2.75) is 0 Å². The van der Waals surface area contributed by atoms with Crippen molar-refractivity contribution >= 4 is 38.8 Å². The molecule has 0 aliphatic carbocycles. The smallest absolute Gasteiger partial charge is 0.277 e. The number of nitrogens with zero attached hydrogens (tertiary/aromatic N) is 1. The lowest BCUT2D eigenvalue weighted by Gasteiger charge is -2.06. The highest BCUT2D eigenvalue weighted by Crippen LogP contribution is 2.20. The van der Waals surface area contributed by atoms with E-state index in [0.717, 1.165) is 20.8 Å². The van der Waals surface area contributed by atoms with Gasteiger partial charge in [0.2, 0.25) is 0 Å². The summed E-state index contributed by atoms with van der Waals surface area (Å²) in [5, 5.41) is 6.12. The largest absolute Gasteiger partial charge is 0.484 e. The van der Waals surface area contributed by atoms with Gasteiger partial charge in [-0.05, 0) is 40.6 Å². The number of rotatable bonds is 5. The van der Waals surface area contributed by atoms with E-state index in [1.54, 1.807) is 6.21 Å². The van der Waals surface area contributed by atoms with Crippen LogP contribution in [0.25, 0.3) is 10.8 Å². The van der Waals surface area contributed by atoms with Crippen molar-refractivity contribution in [3.05, 3.63) is 76.8 Å². The summed E-state index contributed by atoms with van der Waals surface area (Å²) in [5.41, 5.74) is 3.34. The van der Waals surface area contributed by atoms with E-state index >= 15 is 0 Å². The van der Waals surface area contributed by atoms with Gasteiger partial charge in [0, 0.05) is 4.47 Å². The van der Waals surface area contributed by atoms with E-state index < -0.39 is 0 Å². The van der Waals surface area contributed by atoms with Crippen LogP contribution in [-0.4, -0.2) is 18.7 Å². The Bertz CT molecular complexity index is 893. The first-order chi connectivity index (χ1) is 11.7. The molecule has 120 valence electrons. The van der Waals surface area contributed by atoms with Gasteiger partial charge >= 0.3 is 0 Å². The van der Waals surface area contributed by atoms with Crippen molar-refractivity contribution in [1.29, 1.82) is 0 Å². The molecular weight excluding hydrogens is 368 g/mol. The molecule has 1 amide bonds. The van der Waals surface area contributed by atoms with Gasteiger partial charge < -0.3 is 4.74 Å². The average Bonchev–Trinajstić information content (AvgIpc) is 2.60.